The molecule has 0 radical (unpaired) electrons. The van der Waals surface area contributed by atoms with E-state index in [1.165, 1.54) is 0 Å². The quantitative estimate of drug-likeness (QED) is 0.109. The van der Waals surface area contributed by atoms with Gasteiger partial charge in [-0.1, -0.05) is 47.0 Å². The Kier molecular flexibility index (Phi) is 17.5. The van der Waals surface area contributed by atoms with E-state index >= 15 is 0 Å². The number of unbranched alkanes of at least 4 members (excludes halogenated alkanes) is 2. The number of esters is 1. The number of carbonyl (C=O) groups excluding carboxylic acids is 3. The average Bonchev–Trinajstić information content (AvgIpc) is 2.86. The molecule has 224 valence electrons. The first kappa shape index (κ1) is 36.7. The third-order valence-corrected chi connectivity index (χ3v) is 7.74. The van der Waals surface area contributed by atoms with Gasteiger partial charge >= 0.3 is 5.97 Å². The van der Waals surface area contributed by atoms with E-state index in [0.29, 0.717) is 32.0 Å². The molecule has 7 heteroatoms. The normalized spacial score (nSPS) is 16.9. The van der Waals surface area contributed by atoms with Crippen LogP contribution in [0.2, 0.25) is 0 Å². The maximum absolute atomic E-state index is 13.1. The van der Waals surface area contributed by atoms with Crippen molar-refractivity contribution in [3.8, 4) is 0 Å². The Balaban J connectivity index is 4.92. The fourth-order valence-corrected chi connectivity index (χ4v) is 4.32. The lowest BCUT2D eigenvalue weighted by Gasteiger charge is -2.35. The molecule has 5 unspecified atom stereocenters. The van der Waals surface area contributed by atoms with Crippen LogP contribution in [0.25, 0.3) is 0 Å². The van der Waals surface area contributed by atoms with Crippen molar-refractivity contribution in [1.82, 2.24) is 0 Å². The summed E-state index contributed by atoms with van der Waals surface area (Å²) in [5, 5.41) is 0. The summed E-state index contributed by atoms with van der Waals surface area (Å²) < 4.78 is 23.0. The molecule has 0 spiro atoms. The Morgan fingerprint density at radius 2 is 1.47 bits per heavy atom. The van der Waals surface area contributed by atoms with Crippen LogP contribution < -0.4 is 0 Å². The Hall–Kier alpha value is -1.31. The van der Waals surface area contributed by atoms with E-state index in [2.05, 4.69) is 13.8 Å². The largest absolute Gasteiger partial charge is 0.453 e. The molecule has 0 amide bonds. The van der Waals surface area contributed by atoms with Crippen LogP contribution in [0.3, 0.4) is 0 Å². The van der Waals surface area contributed by atoms with Crippen molar-refractivity contribution in [3.63, 3.8) is 0 Å². The van der Waals surface area contributed by atoms with Crippen molar-refractivity contribution in [3.05, 3.63) is 0 Å². The summed E-state index contributed by atoms with van der Waals surface area (Å²) in [7, 11) is 0. The molecule has 0 aromatic carbocycles. The van der Waals surface area contributed by atoms with Gasteiger partial charge in [0.1, 0.15) is 11.4 Å². The highest BCUT2D eigenvalue weighted by Gasteiger charge is 2.40. The fourth-order valence-electron chi connectivity index (χ4n) is 4.32. The number of ether oxygens (including phenoxy) is 4. The molecule has 7 nitrogen and oxygen atoms in total. The van der Waals surface area contributed by atoms with E-state index in [1.807, 2.05) is 34.6 Å². The minimum Gasteiger partial charge on any atom is -0.453 e. The smallest absolute Gasteiger partial charge is 0.335 e. The Bertz CT molecular complexity index is 702. The fraction of sp³-hybridized carbons (Fsp3) is 0.903. The lowest BCUT2D eigenvalue weighted by atomic mass is 9.76. The standard InChI is InChI=1S/C31H58O7/c1-12-15-18-26(13-2)21-36-30(9,10)28(33)23(6)38-29(34)24(7)37-25(8)31(11,14-3)27(32)19-16-17-20-35-22(4)5/h22-26H,12-21H2,1-11H3. The molecule has 0 aliphatic carbocycles. The highest BCUT2D eigenvalue weighted by atomic mass is 16.6. The summed E-state index contributed by atoms with van der Waals surface area (Å²) in [6.45, 7) is 21.7. The Morgan fingerprint density at radius 1 is 0.842 bits per heavy atom. The summed E-state index contributed by atoms with van der Waals surface area (Å²) in [6.07, 6.45) is 4.74. The van der Waals surface area contributed by atoms with E-state index in [-0.39, 0.29) is 17.7 Å². The first-order chi connectivity index (χ1) is 17.7. The molecule has 0 aromatic heterocycles. The van der Waals surface area contributed by atoms with Crippen LogP contribution in [0.4, 0.5) is 0 Å². The lowest BCUT2D eigenvalue weighted by Crippen LogP contribution is -2.46. The van der Waals surface area contributed by atoms with Gasteiger partial charge in [0, 0.05) is 13.0 Å². The molecule has 0 heterocycles. The van der Waals surface area contributed by atoms with Crippen LogP contribution >= 0.6 is 0 Å². The minimum atomic E-state index is -1.07. The minimum absolute atomic E-state index is 0.115. The van der Waals surface area contributed by atoms with Crippen LogP contribution in [0, 0.1) is 11.3 Å². The summed E-state index contributed by atoms with van der Waals surface area (Å²) >= 11 is 0. The van der Waals surface area contributed by atoms with Crippen molar-refractivity contribution in [2.24, 2.45) is 11.3 Å². The van der Waals surface area contributed by atoms with Gasteiger partial charge in [-0.2, -0.15) is 0 Å². The second kappa shape index (κ2) is 18.1. The van der Waals surface area contributed by atoms with Gasteiger partial charge < -0.3 is 18.9 Å². The maximum Gasteiger partial charge on any atom is 0.335 e. The van der Waals surface area contributed by atoms with Crippen LogP contribution in [-0.4, -0.2) is 60.8 Å². The van der Waals surface area contributed by atoms with Crippen LogP contribution in [0.1, 0.15) is 128 Å². The molecule has 0 N–H and O–H groups in total. The first-order valence-corrected chi connectivity index (χ1v) is 14.8. The highest BCUT2D eigenvalue weighted by Crippen LogP contribution is 2.32. The molecule has 38 heavy (non-hydrogen) atoms. The second-order valence-electron chi connectivity index (χ2n) is 11.7. The van der Waals surface area contributed by atoms with Crippen molar-refractivity contribution in [2.45, 2.75) is 158 Å². The van der Waals surface area contributed by atoms with Crippen molar-refractivity contribution in [1.29, 1.82) is 0 Å². The van der Waals surface area contributed by atoms with Crippen molar-refractivity contribution >= 4 is 17.5 Å². The van der Waals surface area contributed by atoms with E-state index in [1.54, 1.807) is 27.7 Å². The van der Waals surface area contributed by atoms with Gasteiger partial charge in [-0.25, -0.2) is 4.79 Å². The van der Waals surface area contributed by atoms with E-state index in [0.717, 1.165) is 38.5 Å². The first-order valence-electron chi connectivity index (χ1n) is 14.8. The number of rotatable bonds is 22. The number of hydrogen-bond donors (Lipinski definition) is 0. The molecule has 0 aliphatic rings. The summed E-state index contributed by atoms with van der Waals surface area (Å²) in [6, 6.07) is 0. The molecule has 0 saturated carbocycles. The third kappa shape index (κ3) is 12.7. The van der Waals surface area contributed by atoms with Crippen LogP contribution in [0.15, 0.2) is 0 Å². The molecule has 0 aliphatic heterocycles. The van der Waals surface area contributed by atoms with Gasteiger partial charge in [0.2, 0.25) is 5.78 Å². The molecule has 0 aromatic rings. The Morgan fingerprint density at radius 3 is 2.00 bits per heavy atom. The van der Waals surface area contributed by atoms with E-state index < -0.39 is 35.3 Å². The van der Waals surface area contributed by atoms with Gasteiger partial charge in [0.25, 0.3) is 0 Å². The number of Topliss-reactive ketones (excluding diaryl/α,β-unsaturated/α-hetero) is 2. The lowest BCUT2D eigenvalue weighted by molar-refractivity contribution is -0.177. The molecule has 0 saturated heterocycles. The maximum atomic E-state index is 13.1. The SMILES string of the molecule is CCCCC(CC)COC(C)(C)C(=O)C(C)OC(=O)C(C)OC(C)C(C)(CC)C(=O)CCCCOC(C)C. The summed E-state index contributed by atoms with van der Waals surface area (Å²) in [5.74, 6) is -0.394. The number of ketones is 2. The zero-order valence-corrected chi connectivity index (χ0v) is 26.3. The van der Waals surface area contributed by atoms with Crippen LogP contribution in [-0.2, 0) is 33.3 Å². The zero-order valence-electron chi connectivity index (χ0n) is 26.3. The molecule has 0 bridgehead atoms. The highest BCUT2D eigenvalue weighted by molar-refractivity contribution is 5.92. The predicted octanol–water partition coefficient (Wildman–Crippen LogP) is 6.87. The molecular formula is C31H58O7. The van der Waals surface area contributed by atoms with Crippen LogP contribution in [0.5, 0.6) is 0 Å². The topological polar surface area (TPSA) is 88.1 Å². The molecule has 5 atom stereocenters. The zero-order chi connectivity index (χ0) is 29.5. The van der Waals surface area contributed by atoms with Gasteiger partial charge in [0.05, 0.1) is 24.2 Å². The summed E-state index contributed by atoms with van der Waals surface area (Å²) in [4.78, 5) is 38.9. The summed E-state index contributed by atoms with van der Waals surface area (Å²) in [5.41, 5.74) is -1.79. The predicted molar refractivity (Wildman–Crippen MR) is 152 cm³/mol. The van der Waals surface area contributed by atoms with Gasteiger partial charge in [0.15, 0.2) is 12.2 Å². The number of hydrogen-bond acceptors (Lipinski definition) is 7. The van der Waals surface area contributed by atoms with Gasteiger partial charge in [-0.3, -0.25) is 9.59 Å². The number of carbonyl (C=O) groups is 3. The van der Waals surface area contributed by atoms with E-state index in [9.17, 15) is 14.4 Å². The molecule has 0 rings (SSSR count). The average molecular weight is 543 g/mol. The van der Waals surface area contributed by atoms with E-state index in [4.69, 9.17) is 18.9 Å². The van der Waals surface area contributed by atoms with Crippen molar-refractivity contribution < 1.29 is 33.3 Å². The monoisotopic (exact) mass is 542 g/mol. The Labute approximate surface area is 233 Å². The molecular weight excluding hydrogens is 484 g/mol. The second-order valence-corrected chi connectivity index (χ2v) is 11.7. The third-order valence-electron chi connectivity index (χ3n) is 7.74. The molecule has 0 fully saturated rings. The van der Waals surface area contributed by atoms with Crippen molar-refractivity contribution in [2.75, 3.05) is 13.2 Å². The van der Waals surface area contributed by atoms with Gasteiger partial charge in [-0.15, -0.1) is 0 Å². The van der Waals surface area contributed by atoms with Gasteiger partial charge in [-0.05, 0) is 80.1 Å².